The molecule has 24 nitrogen and oxygen atoms in total. The summed E-state index contributed by atoms with van der Waals surface area (Å²) in [5, 5.41) is 142. The maximum absolute atomic E-state index is 11.3. The van der Waals surface area contributed by atoms with Crippen LogP contribution in [-0.4, -0.2) is 44.8 Å². The van der Waals surface area contributed by atoms with Crippen molar-refractivity contribution in [1.29, 1.82) is 15.8 Å². The third-order valence-electron chi connectivity index (χ3n) is 16.4. The Morgan fingerprint density at radius 3 is 0.336 bits per heavy atom. The molecule has 8 heterocycles. The molecule has 0 saturated heterocycles. The summed E-state index contributed by atoms with van der Waals surface area (Å²) in [6.45, 7) is 43.9. The van der Waals surface area contributed by atoms with Crippen molar-refractivity contribution in [3.05, 3.63) is 190 Å². The first-order valence-corrected chi connectivity index (χ1v) is 38.4. The average Bonchev–Trinajstić information content (AvgIpc) is 1.72. The Hall–Kier alpha value is -5.52. The molecule has 32 heteroatoms. The maximum atomic E-state index is 11.3. The molecule has 8 aromatic carbocycles. The number of hydrogen-bond acceptors (Lipinski definition) is 19. The third-order valence-corrected chi connectivity index (χ3v) is 16.4. The van der Waals surface area contributed by atoms with Gasteiger partial charge in [0.2, 0.25) is 0 Å². The second-order valence-electron chi connectivity index (χ2n) is 32.2. The molecule has 0 unspecified atom stereocenters. The van der Waals surface area contributed by atoms with Gasteiger partial charge in [0.1, 0.15) is 90.8 Å². The predicted octanol–water partition coefficient (Wildman–Crippen LogP) is -16.7. The van der Waals surface area contributed by atoms with Gasteiger partial charge in [-0.15, -0.1) is 26.3 Å². The van der Waals surface area contributed by atoms with Gasteiger partial charge in [-0.2, -0.15) is 15.8 Å². The Balaban J connectivity index is -0.000000205. The number of hydrogen-bond donors (Lipinski definition) is 5. The molecule has 8 aliphatic rings. The van der Waals surface area contributed by atoms with E-state index in [2.05, 4.69) is 0 Å². The van der Waals surface area contributed by atoms with E-state index in [0.717, 1.165) is 95.9 Å². The Bertz CT molecular complexity index is 4100. The van der Waals surface area contributed by atoms with Gasteiger partial charge in [-0.05, 0) is 155 Å². The van der Waals surface area contributed by atoms with Crippen molar-refractivity contribution in [3.63, 3.8) is 0 Å². The number of nitrogens with one attached hydrogen (secondary N) is 5. The average molecular weight is 1820 g/mol. The molecule has 0 saturated carbocycles. The second kappa shape index (κ2) is 66.8. The second-order valence-corrected chi connectivity index (χ2v) is 32.2. The third kappa shape index (κ3) is 49.5. The molecular formula is C96H117N8Na8O16+5. The van der Waals surface area contributed by atoms with Crippen molar-refractivity contribution < 1.29 is 342 Å². The summed E-state index contributed by atoms with van der Waals surface area (Å²) in [5.41, 5.74) is 6.63. The summed E-state index contributed by atoms with van der Waals surface area (Å²) in [5.74, 6) is 4.34. The van der Waals surface area contributed by atoms with E-state index < -0.39 is 0 Å². The summed E-state index contributed by atoms with van der Waals surface area (Å²) in [6, 6.07) is 57.5. The first kappa shape index (κ1) is 138. The molecule has 128 heavy (non-hydrogen) atoms. The van der Waals surface area contributed by atoms with Crippen LogP contribution in [0.2, 0.25) is 0 Å². The molecular weight excluding hydrogens is 1710 g/mol. The van der Waals surface area contributed by atoms with E-state index in [-0.39, 0.29) is 327 Å². The number of ether oxygens (including phenoxy) is 8. The van der Waals surface area contributed by atoms with Gasteiger partial charge < -0.3 is 78.7 Å². The zero-order valence-corrected chi connectivity index (χ0v) is 97.9. The van der Waals surface area contributed by atoms with Gasteiger partial charge in [-0.25, -0.2) is 0 Å². The van der Waals surface area contributed by atoms with Crippen LogP contribution in [0.4, 0.5) is 0 Å². The topological polar surface area (TPSA) is 449 Å². The molecule has 0 fully saturated rings. The minimum Gasteiger partial charge on any atom is -0.870 e. The van der Waals surface area contributed by atoms with E-state index in [1.807, 2.05) is 190 Å². The van der Waals surface area contributed by atoms with Crippen molar-refractivity contribution in [2.45, 2.75) is 262 Å². The first-order chi connectivity index (χ1) is 56.0. The van der Waals surface area contributed by atoms with Crippen LogP contribution in [0.15, 0.2) is 146 Å². The van der Waals surface area contributed by atoms with E-state index in [1.54, 1.807) is 150 Å². The zero-order chi connectivity index (χ0) is 91.8. The van der Waals surface area contributed by atoms with Crippen LogP contribution in [0.25, 0.3) is 0 Å². The van der Waals surface area contributed by atoms with Gasteiger partial charge in [-0.3, -0.25) is 0 Å². The van der Waals surface area contributed by atoms with Crippen molar-refractivity contribution in [2.75, 3.05) is 0 Å². The summed E-state index contributed by atoms with van der Waals surface area (Å²) >= 11 is 0. The maximum Gasteiger partial charge on any atom is 1.00 e. The summed E-state index contributed by atoms with van der Waals surface area (Å²) in [4.78, 5) is 0. The smallest absolute Gasteiger partial charge is 0.870 e. The van der Waals surface area contributed by atoms with E-state index in [1.165, 1.54) is 20.8 Å². The van der Waals surface area contributed by atoms with E-state index >= 15 is 0 Å². The van der Waals surface area contributed by atoms with Crippen LogP contribution in [0.5, 0.6) is 92.0 Å². The molecule has 8 aliphatic heterocycles. The Morgan fingerprint density at radius 1 is 0.203 bits per heavy atom. The van der Waals surface area contributed by atoms with E-state index in [4.69, 9.17) is 80.0 Å². The van der Waals surface area contributed by atoms with Crippen molar-refractivity contribution >= 4 is 0 Å². The monoisotopic (exact) mass is 1820 g/mol. The molecule has 0 radical (unpaired) electrons. The standard InChI is InChI=1S/8C10H12O2.8C2H3N.8Na/c8*1-10(2)6-7-4-3-5-8(11)9(7)12-10;8*1-2-3;;;;;;;;/h8*3-5,11H,6H2,1-2H3;8*1H3;;;;;;;;/q;;;;;;;;;;;;;;;;8*+1/p-3. The molecule has 16 rings (SSSR count). The number of rotatable bonds is 0. The molecule has 0 aromatic heterocycles. The summed E-state index contributed by atoms with van der Waals surface area (Å²) in [7, 11) is 0. The van der Waals surface area contributed by atoms with Crippen LogP contribution >= 0.6 is 0 Å². The van der Waals surface area contributed by atoms with Gasteiger partial charge in [-0.1, -0.05) is 192 Å². The molecule has 640 valence electrons. The van der Waals surface area contributed by atoms with Gasteiger partial charge in [0.25, 0.3) is 30.3 Å². The summed E-state index contributed by atoms with van der Waals surface area (Å²) < 4.78 is 44.1. The number of nitriles is 3. The van der Waals surface area contributed by atoms with Crippen molar-refractivity contribution in [3.8, 4) is 141 Å². The fourth-order valence-electron chi connectivity index (χ4n) is 12.7. The Morgan fingerprint density at radius 2 is 0.273 bits per heavy atom. The molecule has 0 amide bonds. The number of fused-ring (bicyclic) bond motifs is 8. The molecule has 8 aromatic rings. The Kier molecular flexibility index (Phi) is 72.0. The minimum absolute atomic E-state index is 0. The normalized spacial score (nSPS) is 14.4. The van der Waals surface area contributed by atoms with Crippen molar-refractivity contribution in [1.82, 2.24) is 0 Å². The van der Waals surface area contributed by atoms with Crippen LogP contribution < -0.4 is 342 Å². The molecule has 0 bridgehead atoms. The Labute approximate surface area is 937 Å². The fourth-order valence-corrected chi connectivity index (χ4v) is 12.7. The molecule has 5 N–H and O–H groups in total. The minimum atomic E-state index is -0.206. The van der Waals surface area contributed by atoms with Gasteiger partial charge in [0, 0.05) is 72.1 Å². The van der Waals surface area contributed by atoms with Crippen LogP contribution in [0.3, 0.4) is 0 Å². The largest absolute Gasteiger partial charge is 1.00 e. The molecule has 0 spiro atoms. The van der Waals surface area contributed by atoms with Crippen LogP contribution in [0.1, 0.15) is 211 Å². The van der Waals surface area contributed by atoms with Crippen molar-refractivity contribution in [2.24, 2.45) is 0 Å². The van der Waals surface area contributed by atoms with E-state index in [9.17, 15) is 40.9 Å². The fraction of sp³-hybridized carbons (Fsp3) is 0.417. The van der Waals surface area contributed by atoms with E-state index in [0.29, 0.717) is 46.0 Å². The number of para-hydroxylation sites is 8. The zero-order valence-electron chi connectivity index (χ0n) is 81.9. The van der Waals surface area contributed by atoms with Gasteiger partial charge in [0.15, 0.2) is 0 Å². The molecule has 0 atom stereocenters. The number of benzene rings is 8. The van der Waals surface area contributed by atoms with Crippen LogP contribution in [0, 0.1) is 64.3 Å². The predicted molar refractivity (Wildman–Crippen MR) is 441 cm³/mol. The van der Waals surface area contributed by atoms with Gasteiger partial charge >= 0.3 is 236 Å². The molecule has 0 aliphatic carbocycles. The SMILES string of the molecule is CC#N.CC#N.CC#N.CC#[NH+].CC#[NH+].CC#[NH+].CC#[NH+].CC#[NH+].CC1(C)Cc2cccc([O-])c2O1.CC1(C)Cc2cccc([O-])c2O1.CC1(C)Cc2cccc([O-])c2O1.CC1(C)Cc2cccc([O-])c2O1.CC1(C)Cc2cccc([O-])c2O1.CC1(C)Cc2cccc([O-])c2O1.CC1(C)Cc2cccc([O-])c2O1.CC1(C)Cc2cccc([O-])c2O1.[Na+].[Na+].[Na+].[Na+].[Na+].[Na+].[Na+].[Na+]. The quantitative estimate of drug-likeness (QED) is 0.0880. The van der Waals surface area contributed by atoms with Crippen LogP contribution in [-0.2, 0) is 51.4 Å². The van der Waals surface area contributed by atoms with Gasteiger partial charge in [0.05, 0.1) is 52.8 Å². The first-order valence-electron chi connectivity index (χ1n) is 38.4. The summed E-state index contributed by atoms with van der Waals surface area (Å²) in [6.07, 6.45) is 6.65. The number of nitrogens with zero attached hydrogens (tertiary/aromatic N) is 3.